The molecule has 0 radical (unpaired) electrons. The Morgan fingerprint density at radius 1 is 1.23 bits per heavy atom. The first-order chi connectivity index (χ1) is 12.7. The number of aromatic nitrogens is 1. The second kappa shape index (κ2) is 9.43. The third-order valence-corrected chi connectivity index (χ3v) is 4.18. The lowest BCUT2D eigenvalue weighted by Crippen LogP contribution is -2.22. The van der Waals surface area contributed by atoms with Gasteiger partial charge in [0.2, 0.25) is 0 Å². The van der Waals surface area contributed by atoms with Crippen molar-refractivity contribution in [3.8, 4) is 11.3 Å². The molecular weight excluding hydrogens is 352 g/mol. The molecule has 1 aromatic carbocycles. The number of dihydropyridines is 1. The molecule has 0 saturated heterocycles. The van der Waals surface area contributed by atoms with E-state index in [1.165, 1.54) is 5.57 Å². The van der Waals surface area contributed by atoms with E-state index in [9.17, 15) is 5.11 Å². The van der Waals surface area contributed by atoms with Crippen molar-refractivity contribution in [2.24, 2.45) is 9.98 Å². The maximum Gasteiger partial charge on any atom is 0.317 e. The highest BCUT2D eigenvalue weighted by molar-refractivity contribution is 6.30. The van der Waals surface area contributed by atoms with Crippen molar-refractivity contribution in [3.05, 3.63) is 59.0 Å². The van der Waals surface area contributed by atoms with Gasteiger partial charge in [-0.15, -0.1) is 0 Å². The molecule has 0 saturated carbocycles. The molecule has 0 amide bonds. The zero-order chi connectivity index (χ0) is 18.2. The van der Waals surface area contributed by atoms with E-state index in [-0.39, 0.29) is 0 Å². The van der Waals surface area contributed by atoms with Crippen LogP contribution in [0.3, 0.4) is 0 Å². The second-order valence-corrected chi connectivity index (χ2v) is 6.33. The zero-order valence-electron chi connectivity index (χ0n) is 14.3. The summed E-state index contributed by atoms with van der Waals surface area (Å²) in [4.78, 5) is 12.7. The molecule has 3 rings (SSSR count). The minimum absolute atomic E-state index is 0.355. The van der Waals surface area contributed by atoms with Gasteiger partial charge >= 0.3 is 5.68 Å². The average molecular weight is 373 g/mol. The van der Waals surface area contributed by atoms with Gasteiger partial charge in [-0.05, 0) is 37.2 Å². The largest absolute Gasteiger partial charge is 0.432 e. The van der Waals surface area contributed by atoms with Crippen molar-refractivity contribution in [3.63, 3.8) is 0 Å². The number of nitrogens with one attached hydrogen (secondary N) is 1. The summed E-state index contributed by atoms with van der Waals surface area (Å²) in [6.07, 6.45) is 6.13. The highest BCUT2D eigenvalue weighted by atomic mass is 35.5. The zero-order valence-corrected chi connectivity index (χ0v) is 15.1. The van der Waals surface area contributed by atoms with E-state index in [1.54, 1.807) is 18.5 Å². The molecule has 0 fully saturated rings. The van der Waals surface area contributed by atoms with Crippen LogP contribution in [0.4, 0.5) is 0 Å². The topological polar surface area (TPSA) is 83.0 Å². The Kier molecular flexibility index (Phi) is 6.71. The van der Waals surface area contributed by atoms with Crippen LogP contribution in [-0.4, -0.2) is 42.2 Å². The number of hydrogen-bond acceptors (Lipinski definition) is 6. The molecule has 1 unspecified atom stereocenters. The fraction of sp³-hybridized carbons (Fsp3) is 0.316. The maximum atomic E-state index is 9.47. The van der Waals surface area contributed by atoms with Gasteiger partial charge in [-0.25, -0.2) is 4.99 Å². The third kappa shape index (κ3) is 5.62. The standard InChI is InChI=1S/C19H21ClN4O2/c20-16-3-1-15(2-4-16)17-7-12-26-19(24-17)23-11-10-21-8-5-14-6-9-22-18(25)13-14/h1-4,6-7,9,12,18,21,25H,5,8,10-11,13H2. The summed E-state index contributed by atoms with van der Waals surface area (Å²) in [5.74, 6) is 0. The first-order valence-electron chi connectivity index (χ1n) is 8.53. The molecule has 0 spiro atoms. The molecule has 1 aliphatic heterocycles. The van der Waals surface area contributed by atoms with Crippen LogP contribution in [0.25, 0.3) is 11.3 Å². The lowest BCUT2D eigenvalue weighted by atomic mass is 10.1. The predicted octanol–water partition coefficient (Wildman–Crippen LogP) is 2.59. The van der Waals surface area contributed by atoms with Gasteiger partial charge < -0.3 is 14.8 Å². The van der Waals surface area contributed by atoms with Crippen LogP contribution >= 0.6 is 11.6 Å². The van der Waals surface area contributed by atoms with E-state index < -0.39 is 6.23 Å². The molecule has 0 aliphatic carbocycles. The molecule has 2 N–H and O–H groups in total. The summed E-state index contributed by atoms with van der Waals surface area (Å²) >= 11 is 5.91. The van der Waals surface area contributed by atoms with E-state index in [1.807, 2.05) is 30.3 Å². The van der Waals surface area contributed by atoms with Gasteiger partial charge in [0.15, 0.2) is 0 Å². The number of nitrogens with zero attached hydrogens (tertiary/aromatic N) is 3. The second-order valence-electron chi connectivity index (χ2n) is 5.90. The first kappa shape index (κ1) is 18.5. The molecule has 2 aromatic rings. The summed E-state index contributed by atoms with van der Waals surface area (Å²) in [5, 5.41) is 13.5. The summed E-state index contributed by atoms with van der Waals surface area (Å²) < 4.78 is 5.34. The van der Waals surface area contributed by atoms with Crippen LogP contribution in [0.1, 0.15) is 12.8 Å². The Bertz CT molecular complexity index is 843. The minimum Gasteiger partial charge on any atom is -0.432 e. The van der Waals surface area contributed by atoms with Crippen molar-refractivity contribution in [2.45, 2.75) is 19.1 Å². The van der Waals surface area contributed by atoms with Crippen LogP contribution in [0, 0.1) is 0 Å². The van der Waals surface area contributed by atoms with Crippen molar-refractivity contribution < 1.29 is 9.52 Å². The number of allylic oxidation sites excluding steroid dienone is 1. The van der Waals surface area contributed by atoms with E-state index in [0.717, 1.165) is 30.8 Å². The maximum absolute atomic E-state index is 9.47. The Morgan fingerprint density at radius 3 is 2.88 bits per heavy atom. The Balaban J connectivity index is 1.47. The smallest absolute Gasteiger partial charge is 0.317 e. The number of halogens is 1. The summed E-state index contributed by atoms with van der Waals surface area (Å²) in [7, 11) is 0. The van der Waals surface area contributed by atoms with E-state index in [0.29, 0.717) is 23.7 Å². The molecule has 1 atom stereocenters. The molecule has 6 nitrogen and oxygen atoms in total. The van der Waals surface area contributed by atoms with Crippen molar-refractivity contribution in [2.75, 3.05) is 19.6 Å². The number of aliphatic hydroxyl groups excluding tert-OH is 1. The fourth-order valence-corrected chi connectivity index (χ4v) is 2.70. The van der Waals surface area contributed by atoms with Gasteiger partial charge in [-0.1, -0.05) is 29.3 Å². The molecular formula is C19H21ClN4O2. The molecule has 2 heterocycles. The van der Waals surface area contributed by atoms with Gasteiger partial charge in [-0.3, -0.25) is 4.99 Å². The monoisotopic (exact) mass is 372 g/mol. The molecule has 7 heteroatoms. The van der Waals surface area contributed by atoms with Crippen LogP contribution in [-0.2, 0) is 0 Å². The number of aliphatic imine (C=N–C) groups is 1. The number of aliphatic hydroxyl groups is 1. The highest BCUT2D eigenvalue weighted by Gasteiger charge is 2.08. The highest BCUT2D eigenvalue weighted by Crippen LogP contribution is 2.18. The van der Waals surface area contributed by atoms with E-state index in [2.05, 4.69) is 20.3 Å². The predicted molar refractivity (Wildman–Crippen MR) is 102 cm³/mol. The van der Waals surface area contributed by atoms with Gasteiger partial charge in [0, 0.05) is 29.8 Å². The van der Waals surface area contributed by atoms with Gasteiger partial charge in [-0.2, -0.15) is 4.98 Å². The number of benzene rings is 1. The van der Waals surface area contributed by atoms with Gasteiger partial charge in [0.05, 0.1) is 18.5 Å². The average Bonchev–Trinajstić information content (AvgIpc) is 2.65. The quantitative estimate of drug-likeness (QED) is 0.732. The molecule has 1 aliphatic rings. The summed E-state index contributed by atoms with van der Waals surface area (Å²) in [6, 6.07) is 9.29. The van der Waals surface area contributed by atoms with E-state index >= 15 is 0 Å². The minimum atomic E-state index is -0.592. The van der Waals surface area contributed by atoms with Crippen LogP contribution in [0.5, 0.6) is 0 Å². The normalized spacial score (nSPS) is 17.4. The lowest BCUT2D eigenvalue weighted by molar-refractivity contribution is 0.183. The van der Waals surface area contributed by atoms with Gasteiger partial charge in [0.25, 0.3) is 0 Å². The summed E-state index contributed by atoms with van der Waals surface area (Å²) in [6.45, 7) is 2.13. The van der Waals surface area contributed by atoms with Crippen LogP contribution < -0.4 is 11.0 Å². The van der Waals surface area contributed by atoms with Crippen molar-refractivity contribution in [1.29, 1.82) is 0 Å². The third-order valence-electron chi connectivity index (χ3n) is 3.93. The fourth-order valence-electron chi connectivity index (χ4n) is 2.57. The van der Waals surface area contributed by atoms with Crippen molar-refractivity contribution in [1.82, 2.24) is 10.3 Å². The Morgan fingerprint density at radius 2 is 2.08 bits per heavy atom. The van der Waals surface area contributed by atoms with Crippen LogP contribution in [0.2, 0.25) is 5.02 Å². The Labute approximate surface area is 157 Å². The molecule has 1 aromatic heterocycles. The summed E-state index contributed by atoms with van der Waals surface area (Å²) in [5.41, 5.74) is 3.31. The van der Waals surface area contributed by atoms with Crippen molar-refractivity contribution >= 4 is 17.8 Å². The van der Waals surface area contributed by atoms with Gasteiger partial charge in [0.1, 0.15) is 6.23 Å². The molecule has 136 valence electrons. The number of hydrogen-bond donors (Lipinski definition) is 2. The SMILES string of the molecule is OC1CC(CCNCCN=c2nc(-c3ccc(Cl)cc3)cco2)=CC=N1. The lowest BCUT2D eigenvalue weighted by Gasteiger charge is -2.13. The number of rotatable bonds is 7. The molecule has 0 bridgehead atoms. The first-order valence-corrected chi connectivity index (χ1v) is 8.91. The molecule has 26 heavy (non-hydrogen) atoms. The van der Waals surface area contributed by atoms with Crippen LogP contribution in [0.15, 0.2) is 62.6 Å². The van der Waals surface area contributed by atoms with E-state index in [4.69, 9.17) is 16.0 Å². The Hall–Kier alpha value is -2.28.